The number of nitrogens with zero attached hydrogens (tertiary/aromatic N) is 3. The van der Waals surface area contributed by atoms with Gasteiger partial charge in [-0.05, 0) is 53.2 Å². The molecule has 0 spiro atoms. The molecule has 0 saturated heterocycles. The standard InChI is InChI=1S/C23H10ClFN4/c24-14-4-6-16-18(8-14)19-9-15(25)5-7-17(19)22-21(16)28-23(29-22)20-12(10-26)2-1-3-13(20)11-27/h1-9H,(H,28,29). The summed E-state index contributed by atoms with van der Waals surface area (Å²) >= 11 is 6.20. The van der Waals surface area contributed by atoms with Crippen LogP contribution in [0, 0.1) is 28.5 Å². The van der Waals surface area contributed by atoms with Gasteiger partial charge in [-0.3, -0.25) is 0 Å². The van der Waals surface area contributed by atoms with Crippen LogP contribution >= 0.6 is 11.6 Å². The molecule has 29 heavy (non-hydrogen) atoms. The lowest BCUT2D eigenvalue weighted by atomic mass is 10.00. The van der Waals surface area contributed by atoms with Crippen molar-refractivity contribution in [3.63, 3.8) is 0 Å². The normalized spacial score (nSPS) is 11.0. The first-order chi connectivity index (χ1) is 14.1. The summed E-state index contributed by atoms with van der Waals surface area (Å²) in [5.41, 5.74) is 2.53. The van der Waals surface area contributed by atoms with Crippen molar-refractivity contribution in [3.8, 4) is 23.5 Å². The highest BCUT2D eigenvalue weighted by Gasteiger charge is 2.18. The minimum Gasteiger partial charge on any atom is -0.337 e. The number of nitriles is 2. The number of hydrogen-bond donors (Lipinski definition) is 1. The summed E-state index contributed by atoms with van der Waals surface area (Å²) < 4.78 is 14.0. The lowest BCUT2D eigenvalue weighted by molar-refractivity contribution is 0.630. The fourth-order valence-electron chi connectivity index (χ4n) is 3.78. The van der Waals surface area contributed by atoms with Crippen LogP contribution < -0.4 is 0 Å². The highest BCUT2D eigenvalue weighted by molar-refractivity contribution is 6.33. The van der Waals surface area contributed by atoms with Crippen LogP contribution in [0.5, 0.6) is 0 Å². The van der Waals surface area contributed by atoms with E-state index in [0.717, 1.165) is 16.2 Å². The number of benzene rings is 4. The molecule has 0 bridgehead atoms. The molecule has 6 heteroatoms. The molecule has 1 N–H and O–H groups in total. The Morgan fingerprint density at radius 1 is 0.862 bits per heavy atom. The van der Waals surface area contributed by atoms with Crippen molar-refractivity contribution < 1.29 is 4.39 Å². The van der Waals surface area contributed by atoms with Crippen LogP contribution in [0.25, 0.3) is 44.0 Å². The Labute approximate surface area is 169 Å². The maximum Gasteiger partial charge on any atom is 0.141 e. The molecule has 0 saturated carbocycles. The summed E-state index contributed by atoms with van der Waals surface area (Å²) in [7, 11) is 0. The average molecular weight is 397 g/mol. The van der Waals surface area contributed by atoms with Gasteiger partial charge >= 0.3 is 0 Å². The van der Waals surface area contributed by atoms with E-state index in [9.17, 15) is 14.9 Å². The Balaban J connectivity index is 1.98. The van der Waals surface area contributed by atoms with E-state index in [1.165, 1.54) is 12.1 Å². The predicted molar refractivity (Wildman–Crippen MR) is 111 cm³/mol. The average Bonchev–Trinajstić information content (AvgIpc) is 3.18. The van der Waals surface area contributed by atoms with Gasteiger partial charge in [0.1, 0.15) is 11.6 Å². The maximum absolute atomic E-state index is 14.0. The molecule has 1 heterocycles. The zero-order valence-corrected chi connectivity index (χ0v) is 15.5. The summed E-state index contributed by atoms with van der Waals surface area (Å²) in [5, 5.41) is 22.7. The number of fused-ring (bicyclic) bond motifs is 6. The van der Waals surface area contributed by atoms with Gasteiger partial charge in [0.05, 0.1) is 39.9 Å². The molecule has 4 aromatic carbocycles. The number of halogens is 2. The van der Waals surface area contributed by atoms with Gasteiger partial charge in [0.25, 0.3) is 0 Å². The molecular formula is C23H10ClFN4. The number of aromatic amines is 1. The number of hydrogen-bond acceptors (Lipinski definition) is 3. The van der Waals surface area contributed by atoms with E-state index < -0.39 is 0 Å². The largest absolute Gasteiger partial charge is 0.337 e. The van der Waals surface area contributed by atoms with Gasteiger partial charge in [0.2, 0.25) is 0 Å². The number of rotatable bonds is 1. The topological polar surface area (TPSA) is 76.3 Å². The molecule has 0 amide bonds. The smallest absolute Gasteiger partial charge is 0.141 e. The van der Waals surface area contributed by atoms with Gasteiger partial charge in [-0.15, -0.1) is 0 Å². The van der Waals surface area contributed by atoms with Crippen molar-refractivity contribution in [1.82, 2.24) is 9.97 Å². The second-order valence-corrected chi connectivity index (χ2v) is 7.08. The van der Waals surface area contributed by atoms with Crippen LogP contribution in [0.2, 0.25) is 5.02 Å². The first-order valence-electron chi connectivity index (χ1n) is 8.74. The molecule has 136 valence electrons. The molecule has 0 aliphatic rings. The fourth-order valence-corrected chi connectivity index (χ4v) is 3.95. The number of imidazole rings is 1. The first kappa shape index (κ1) is 17.2. The van der Waals surface area contributed by atoms with Crippen LogP contribution in [0.1, 0.15) is 11.1 Å². The van der Waals surface area contributed by atoms with E-state index in [-0.39, 0.29) is 5.82 Å². The van der Waals surface area contributed by atoms with Crippen LogP contribution in [0.4, 0.5) is 4.39 Å². The Kier molecular flexibility index (Phi) is 3.74. The van der Waals surface area contributed by atoms with Crippen LogP contribution in [-0.2, 0) is 0 Å². The lowest BCUT2D eigenvalue weighted by Crippen LogP contribution is -1.91. The predicted octanol–water partition coefficient (Wildman–Crippen LogP) is 6.07. The molecule has 0 aliphatic carbocycles. The number of H-pyrrole nitrogens is 1. The molecule has 0 aliphatic heterocycles. The third kappa shape index (κ3) is 2.53. The molecule has 1 aromatic heterocycles. The summed E-state index contributed by atoms with van der Waals surface area (Å²) in [6.45, 7) is 0. The van der Waals surface area contributed by atoms with Gasteiger partial charge in [-0.25, -0.2) is 9.37 Å². The third-order valence-electron chi connectivity index (χ3n) is 5.02. The molecule has 0 unspecified atom stereocenters. The Bertz CT molecular complexity index is 1440. The Morgan fingerprint density at radius 2 is 1.55 bits per heavy atom. The van der Waals surface area contributed by atoms with E-state index in [2.05, 4.69) is 17.1 Å². The lowest BCUT2D eigenvalue weighted by Gasteiger charge is -2.06. The summed E-state index contributed by atoms with van der Waals surface area (Å²) in [6.07, 6.45) is 0. The highest BCUT2D eigenvalue weighted by Crippen LogP contribution is 2.37. The summed E-state index contributed by atoms with van der Waals surface area (Å²) in [5.74, 6) is 0.0706. The van der Waals surface area contributed by atoms with Gasteiger partial charge < -0.3 is 4.98 Å². The third-order valence-corrected chi connectivity index (χ3v) is 5.26. The first-order valence-corrected chi connectivity index (χ1v) is 9.12. The van der Waals surface area contributed by atoms with Crippen molar-refractivity contribution >= 4 is 44.2 Å². The molecule has 4 nitrogen and oxygen atoms in total. The van der Waals surface area contributed by atoms with E-state index in [1.807, 2.05) is 6.07 Å². The minimum atomic E-state index is -0.348. The highest BCUT2D eigenvalue weighted by atomic mass is 35.5. The SMILES string of the molecule is N#Cc1cccc(C#N)c1-c1nc2c3ccc(Cl)cc3c3cc(F)ccc3c2[nH]1. The second kappa shape index (κ2) is 6.31. The molecule has 0 radical (unpaired) electrons. The zero-order chi connectivity index (χ0) is 20.1. The monoisotopic (exact) mass is 396 g/mol. The maximum atomic E-state index is 14.0. The molecule has 0 atom stereocenters. The van der Waals surface area contributed by atoms with Crippen molar-refractivity contribution in [2.24, 2.45) is 0 Å². The van der Waals surface area contributed by atoms with Crippen LogP contribution in [0.3, 0.4) is 0 Å². The molecule has 5 aromatic rings. The van der Waals surface area contributed by atoms with E-state index in [1.54, 1.807) is 36.4 Å². The van der Waals surface area contributed by atoms with E-state index >= 15 is 0 Å². The van der Waals surface area contributed by atoms with Gasteiger partial charge in [0, 0.05) is 15.8 Å². The van der Waals surface area contributed by atoms with Gasteiger partial charge in [-0.2, -0.15) is 10.5 Å². The molecule has 5 rings (SSSR count). The van der Waals surface area contributed by atoms with Gasteiger partial charge in [0.15, 0.2) is 0 Å². The van der Waals surface area contributed by atoms with Crippen LogP contribution in [-0.4, -0.2) is 9.97 Å². The van der Waals surface area contributed by atoms with Crippen molar-refractivity contribution in [1.29, 1.82) is 10.5 Å². The number of nitrogens with one attached hydrogen (secondary N) is 1. The van der Waals surface area contributed by atoms with Crippen LogP contribution in [0.15, 0.2) is 54.6 Å². The van der Waals surface area contributed by atoms with Crippen molar-refractivity contribution in [2.75, 3.05) is 0 Å². The quantitative estimate of drug-likeness (QED) is 0.349. The van der Waals surface area contributed by atoms with Crippen molar-refractivity contribution in [2.45, 2.75) is 0 Å². The zero-order valence-electron chi connectivity index (χ0n) is 14.8. The Hall–Kier alpha value is -3.93. The second-order valence-electron chi connectivity index (χ2n) is 6.64. The molecule has 0 fully saturated rings. The van der Waals surface area contributed by atoms with E-state index in [4.69, 9.17) is 16.6 Å². The fraction of sp³-hybridized carbons (Fsp3) is 0. The van der Waals surface area contributed by atoms with Gasteiger partial charge in [-0.1, -0.05) is 23.7 Å². The summed E-state index contributed by atoms with van der Waals surface area (Å²) in [6, 6.07) is 19.2. The van der Waals surface area contributed by atoms with E-state index in [0.29, 0.717) is 44.0 Å². The molecular weight excluding hydrogens is 387 g/mol. The minimum absolute atomic E-state index is 0.348. The number of aromatic nitrogens is 2. The van der Waals surface area contributed by atoms with Crippen molar-refractivity contribution in [3.05, 3.63) is 76.6 Å². The summed E-state index contributed by atoms with van der Waals surface area (Å²) in [4.78, 5) is 8.00. The Morgan fingerprint density at radius 3 is 2.28 bits per heavy atom.